The quantitative estimate of drug-likeness (QED) is 0.612. The second-order valence-corrected chi connectivity index (χ2v) is 7.79. The van der Waals surface area contributed by atoms with Crippen LogP contribution in [0.25, 0.3) is 0 Å². The number of nitrogens with one attached hydrogen (secondary N) is 1. The number of carbonyl (C=O) groups is 3. The average Bonchev–Trinajstić information content (AvgIpc) is 3.04. The number of amides is 3. The minimum atomic E-state index is -0.828. The molecule has 0 aromatic carbocycles. The van der Waals surface area contributed by atoms with Crippen molar-refractivity contribution in [3.05, 3.63) is 23.0 Å². The molecular formula is C20H29N3O4. The van der Waals surface area contributed by atoms with Crippen molar-refractivity contribution in [2.24, 2.45) is 5.92 Å². The maximum Gasteiger partial charge on any atom is 0.325 e. The molecule has 1 saturated heterocycles. The van der Waals surface area contributed by atoms with Gasteiger partial charge in [-0.15, -0.1) is 0 Å². The number of rotatable bonds is 6. The number of urea groups is 1. The van der Waals surface area contributed by atoms with Gasteiger partial charge in [-0.3, -0.25) is 14.5 Å². The molecule has 2 fully saturated rings. The lowest BCUT2D eigenvalue weighted by atomic mass is 9.73. The molecule has 27 heavy (non-hydrogen) atoms. The van der Waals surface area contributed by atoms with E-state index in [9.17, 15) is 14.4 Å². The van der Waals surface area contributed by atoms with E-state index in [0.717, 1.165) is 35.6 Å². The number of hydrogen-bond acceptors (Lipinski definition) is 4. The van der Waals surface area contributed by atoms with Gasteiger partial charge in [0.15, 0.2) is 5.78 Å². The Kier molecular flexibility index (Phi) is 5.42. The molecule has 2 heterocycles. The molecular weight excluding hydrogens is 346 g/mol. The molecule has 2 atom stereocenters. The van der Waals surface area contributed by atoms with Crippen molar-refractivity contribution in [1.29, 1.82) is 0 Å². The van der Waals surface area contributed by atoms with Gasteiger partial charge in [-0.25, -0.2) is 4.79 Å². The normalized spacial score (nSPS) is 25.3. The van der Waals surface area contributed by atoms with Crippen molar-refractivity contribution in [1.82, 2.24) is 14.8 Å². The fraction of sp³-hybridized carbons (Fsp3) is 0.650. The van der Waals surface area contributed by atoms with Crippen LogP contribution in [0, 0.1) is 19.8 Å². The maximum atomic E-state index is 13.0. The smallest absolute Gasteiger partial charge is 0.325 e. The van der Waals surface area contributed by atoms with Crippen LogP contribution in [0.15, 0.2) is 6.07 Å². The van der Waals surface area contributed by atoms with E-state index in [4.69, 9.17) is 4.74 Å². The Morgan fingerprint density at radius 1 is 1.33 bits per heavy atom. The number of ketones is 1. The summed E-state index contributed by atoms with van der Waals surface area (Å²) in [6.07, 6.45) is 3.54. The lowest BCUT2D eigenvalue weighted by Crippen LogP contribution is -2.54. The zero-order valence-electron chi connectivity index (χ0n) is 16.6. The predicted molar refractivity (Wildman–Crippen MR) is 101 cm³/mol. The van der Waals surface area contributed by atoms with Crippen LogP contribution < -0.4 is 5.32 Å². The van der Waals surface area contributed by atoms with Crippen molar-refractivity contribution >= 4 is 17.7 Å². The molecule has 0 radical (unpaired) electrons. The van der Waals surface area contributed by atoms with Crippen molar-refractivity contribution in [2.75, 3.05) is 20.3 Å². The molecule has 1 aromatic heterocycles. The lowest BCUT2D eigenvalue weighted by molar-refractivity contribution is -0.133. The van der Waals surface area contributed by atoms with Gasteiger partial charge in [0.2, 0.25) is 0 Å². The number of carbonyl (C=O) groups excluding carboxylic acids is 3. The van der Waals surface area contributed by atoms with E-state index in [1.54, 1.807) is 7.11 Å². The Balaban J connectivity index is 1.78. The fourth-order valence-corrected chi connectivity index (χ4v) is 4.48. The van der Waals surface area contributed by atoms with Crippen LogP contribution in [0.4, 0.5) is 4.79 Å². The minimum Gasteiger partial charge on any atom is -0.383 e. The molecule has 1 spiro atoms. The van der Waals surface area contributed by atoms with E-state index < -0.39 is 11.6 Å². The van der Waals surface area contributed by atoms with Gasteiger partial charge in [0.05, 0.1) is 13.2 Å². The zero-order chi connectivity index (χ0) is 19.8. The maximum absolute atomic E-state index is 13.0. The number of nitrogens with zero attached hydrogens (tertiary/aromatic N) is 2. The van der Waals surface area contributed by atoms with Gasteiger partial charge in [0.25, 0.3) is 5.91 Å². The Morgan fingerprint density at radius 3 is 2.74 bits per heavy atom. The fourth-order valence-electron chi connectivity index (χ4n) is 4.48. The molecule has 3 rings (SSSR count). The molecule has 2 aliphatic rings. The van der Waals surface area contributed by atoms with Gasteiger partial charge in [0.1, 0.15) is 5.54 Å². The first-order valence-corrected chi connectivity index (χ1v) is 9.64. The summed E-state index contributed by atoms with van der Waals surface area (Å²) in [6.45, 7) is 6.82. The molecule has 0 bridgehead atoms. The summed E-state index contributed by atoms with van der Waals surface area (Å²) in [7, 11) is 1.64. The number of hydrogen-bond donors (Lipinski definition) is 1. The van der Waals surface area contributed by atoms with Crippen molar-refractivity contribution < 1.29 is 19.1 Å². The lowest BCUT2D eigenvalue weighted by Gasteiger charge is -2.36. The molecule has 1 N–H and O–H groups in total. The molecule has 0 unspecified atom stereocenters. The first kappa shape index (κ1) is 19.6. The van der Waals surface area contributed by atoms with Gasteiger partial charge < -0.3 is 14.6 Å². The third-order valence-electron chi connectivity index (χ3n) is 6.20. The number of methoxy groups -OCH3 is 1. The molecule has 1 aromatic rings. The number of aryl methyl sites for hydroxylation is 1. The highest BCUT2D eigenvalue weighted by atomic mass is 16.5. The molecule has 3 amide bonds. The monoisotopic (exact) mass is 375 g/mol. The molecule has 7 nitrogen and oxygen atoms in total. The summed E-state index contributed by atoms with van der Waals surface area (Å²) < 4.78 is 7.14. The second-order valence-electron chi connectivity index (χ2n) is 7.79. The summed E-state index contributed by atoms with van der Waals surface area (Å²) >= 11 is 0. The van der Waals surface area contributed by atoms with E-state index in [0.29, 0.717) is 25.1 Å². The number of ether oxygens (including phenoxy) is 1. The van der Waals surface area contributed by atoms with Crippen LogP contribution in [-0.4, -0.2) is 53.0 Å². The van der Waals surface area contributed by atoms with Gasteiger partial charge in [0, 0.05) is 30.6 Å². The topological polar surface area (TPSA) is 80.6 Å². The van der Waals surface area contributed by atoms with E-state index in [1.165, 1.54) is 0 Å². The Labute approximate surface area is 160 Å². The van der Waals surface area contributed by atoms with Gasteiger partial charge in [-0.1, -0.05) is 19.8 Å². The summed E-state index contributed by atoms with van der Waals surface area (Å²) in [4.78, 5) is 39.5. The molecule has 1 aliphatic carbocycles. The average molecular weight is 375 g/mol. The van der Waals surface area contributed by atoms with E-state index in [-0.39, 0.29) is 24.2 Å². The molecule has 1 aliphatic heterocycles. The Hall–Kier alpha value is -2.15. The van der Waals surface area contributed by atoms with Crippen LogP contribution in [0.3, 0.4) is 0 Å². The van der Waals surface area contributed by atoms with Crippen molar-refractivity contribution in [3.8, 4) is 0 Å². The summed E-state index contributed by atoms with van der Waals surface area (Å²) in [5, 5.41) is 2.90. The van der Waals surface area contributed by atoms with Crippen LogP contribution in [0.2, 0.25) is 0 Å². The minimum absolute atomic E-state index is 0.0851. The SMILES string of the molecule is COCCn1c(C)cc(C(=O)CN2C(=O)N[C@@]3(CCCC[C@H]3C)C2=O)c1C. The highest BCUT2D eigenvalue weighted by Gasteiger charge is 2.55. The zero-order valence-corrected chi connectivity index (χ0v) is 16.6. The Morgan fingerprint density at radius 2 is 2.07 bits per heavy atom. The first-order valence-electron chi connectivity index (χ1n) is 9.64. The van der Waals surface area contributed by atoms with Crippen LogP contribution in [-0.2, 0) is 16.1 Å². The third-order valence-corrected chi connectivity index (χ3v) is 6.20. The van der Waals surface area contributed by atoms with Crippen LogP contribution >= 0.6 is 0 Å². The van der Waals surface area contributed by atoms with Crippen molar-refractivity contribution in [3.63, 3.8) is 0 Å². The van der Waals surface area contributed by atoms with Gasteiger partial charge in [-0.05, 0) is 38.7 Å². The number of aromatic nitrogens is 1. The number of Topliss-reactive ketones (excluding diaryl/α,β-unsaturated/α-hetero) is 1. The first-order chi connectivity index (χ1) is 12.8. The number of imide groups is 1. The summed E-state index contributed by atoms with van der Waals surface area (Å²) in [6, 6.07) is 1.38. The van der Waals surface area contributed by atoms with Gasteiger partial charge >= 0.3 is 6.03 Å². The standard InChI is InChI=1S/C20H29N3O4/c1-13-7-5-6-8-20(13)18(25)23(19(26)21-20)12-17(24)16-11-14(2)22(15(16)3)9-10-27-4/h11,13H,5-10,12H2,1-4H3,(H,21,26)/t13-,20-/m1/s1. The van der Waals surface area contributed by atoms with E-state index in [1.807, 2.05) is 31.4 Å². The van der Waals surface area contributed by atoms with Crippen LogP contribution in [0.5, 0.6) is 0 Å². The van der Waals surface area contributed by atoms with Crippen LogP contribution in [0.1, 0.15) is 54.4 Å². The highest BCUT2D eigenvalue weighted by Crippen LogP contribution is 2.38. The highest BCUT2D eigenvalue weighted by molar-refractivity contribution is 6.11. The molecule has 1 saturated carbocycles. The largest absolute Gasteiger partial charge is 0.383 e. The van der Waals surface area contributed by atoms with E-state index >= 15 is 0 Å². The molecule has 7 heteroatoms. The third kappa shape index (κ3) is 3.29. The molecule has 148 valence electrons. The second kappa shape index (κ2) is 7.46. The Bertz CT molecular complexity index is 770. The van der Waals surface area contributed by atoms with Crippen molar-refractivity contribution in [2.45, 2.75) is 58.5 Å². The predicted octanol–water partition coefficient (Wildman–Crippen LogP) is 2.43. The summed E-state index contributed by atoms with van der Waals surface area (Å²) in [5.41, 5.74) is 1.52. The summed E-state index contributed by atoms with van der Waals surface area (Å²) in [5.74, 6) is -0.376. The van der Waals surface area contributed by atoms with E-state index in [2.05, 4.69) is 5.32 Å². The van der Waals surface area contributed by atoms with Gasteiger partial charge in [-0.2, -0.15) is 0 Å².